The van der Waals surface area contributed by atoms with Gasteiger partial charge in [0.1, 0.15) is 0 Å². The molecule has 0 aromatic heterocycles. The van der Waals surface area contributed by atoms with Crippen LogP contribution in [0.25, 0.3) is 10.8 Å². The average Bonchev–Trinajstić information content (AvgIpc) is 3.37. The first-order valence-corrected chi connectivity index (χ1v) is 29.7. The zero-order chi connectivity index (χ0) is 50.5. The fourth-order valence-corrected chi connectivity index (χ4v) is 9.38. The van der Waals surface area contributed by atoms with Crippen LogP contribution in [-0.4, -0.2) is 50.3 Å². The van der Waals surface area contributed by atoms with E-state index in [4.69, 9.17) is 18.9 Å². The van der Waals surface area contributed by atoms with Crippen LogP contribution in [0.3, 0.4) is 0 Å². The largest absolute Gasteiger partial charge is 0.462 e. The molecular weight excluding hydrogens is 873 g/mol. The van der Waals surface area contributed by atoms with E-state index in [-0.39, 0.29) is 48.7 Å². The standard InChI is InChI=1S/C62H104O8/c1-5-9-13-17-21-25-29-33-37-41-45-67-59(63)53-49-55-56(57(51-53)61(65)69-47-43-39-35-31-27-23-19-15-11-7-3)50-54(60(64)68-46-42-38-34-30-26-22-18-14-10-6-2)52-58(55)62(66)70-48-44-40-36-32-28-24-20-16-12-8-4/h49-52H,5-48H2,1-4H3. The molecule has 0 amide bonds. The number of esters is 4. The lowest BCUT2D eigenvalue weighted by Gasteiger charge is -2.15. The summed E-state index contributed by atoms with van der Waals surface area (Å²) < 4.78 is 23.3. The van der Waals surface area contributed by atoms with Crippen LogP contribution in [0, 0.1) is 0 Å². The van der Waals surface area contributed by atoms with Gasteiger partial charge in [-0.3, -0.25) is 0 Å². The van der Waals surface area contributed by atoms with Crippen LogP contribution < -0.4 is 0 Å². The van der Waals surface area contributed by atoms with Crippen LogP contribution >= 0.6 is 0 Å². The number of benzene rings is 2. The third-order valence-corrected chi connectivity index (χ3v) is 13.9. The molecule has 0 unspecified atom stereocenters. The average molecular weight is 978 g/mol. The summed E-state index contributed by atoms with van der Waals surface area (Å²) in [5, 5.41) is 0.692. The highest BCUT2D eigenvalue weighted by Crippen LogP contribution is 2.30. The maximum atomic E-state index is 14.1. The van der Waals surface area contributed by atoms with Gasteiger partial charge in [-0.05, 0) is 60.7 Å². The normalized spacial score (nSPS) is 11.3. The van der Waals surface area contributed by atoms with Gasteiger partial charge in [0.2, 0.25) is 0 Å². The van der Waals surface area contributed by atoms with Gasteiger partial charge in [-0.1, -0.05) is 259 Å². The molecule has 0 N–H and O–H groups in total. The van der Waals surface area contributed by atoms with Gasteiger partial charge in [-0.2, -0.15) is 0 Å². The molecule has 2 rings (SSSR count). The topological polar surface area (TPSA) is 105 Å². The van der Waals surface area contributed by atoms with Crippen molar-refractivity contribution < 1.29 is 38.1 Å². The third kappa shape index (κ3) is 30.5. The Morgan fingerprint density at radius 3 is 0.657 bits per heavy atom. The van der Waals surface area contributed by atoms with Gasteiger partial charge in [-0.25, -0.2) is 19.2 Å². The van der Waals surface area contributed by atoms with E-state index >= 15 is 0 Å². The fraction of sp³-hybridized carbons (Fsp3) is 0.774. The Morgan fingerprint density at radius 2 is 0.443 bits per heavy atom. The second-order valence-corrected chi connectivity index (χ2v) is 20.4. The summed E-state index contributed by atoms with van der Waals surface area (Å²) in [4.78, 5) is 55.6. The molecule has 0 saturated heterocycles. The van der Waals surface area contributed by atoms with E-state index in [1.807, 2.05) is 0 Å². The highest BCUT2D eigenvalue weighted by molar-refractivity contribution is 6.15. The van der Waals surface area contributed by atoms with E-state index in [9.17, 15) is 19.2 Å². The van der Waals surface area contributed by atoms with E-state index in [1.54, 1.807) is 12.1 Å². The lowest BCUT2D eigenvalue weighted by Crippen LogP contribution is -2.15. The van der Waals surface area contributed by atoms with Crippen molar-refractivity contribution in [3.05, 3.63) is 46.5 Å². The number of hydrogen-bond acceptors (Lipinski definition) is 8. The van der Waals surface area contributed by atoms with Crippen LogP contribution in [-0.2, 0) is 18.9 Å². The van der Waals surface area contributed by atoms with Crippen molar-refractivity contribution in [2.45, 2.75) is 285 Å². The molecule has 8 heteroatoms. The van der Waals surface area contributed by atoms with Crippen molar-refractivity contribution in [3.63, 3.8) is 0 Å². The summed E-state index contributed by atoms with van der Waals surface area (Å²) >= 11 is 0. The molecule has 0 spiro atoms. The third-order valence-electron chi connectivity index (χ3n) is 13.9. The first kappa shape index (κ1) is 62.7. The SMILES string of the molecule is CCCCCCCCCCCCOC(=O)c1cc(C(=O)OCCCCCCCCCCCC)c2cc(C(=O)OCCCCCCCCCCCC)cc(C(=O)OCCCCCCCCCCCC)c2c1. The second kappa shape index (κ2) is 44.3. The van der Waals surface area contributed by atoms with Gasteiger partial charge in [-0.15, -0.1) is 0 Å². The number of fused-ring (bicyclic) bond motifs is 1. The quantitative estimate of drug-likeness (QED) is 0.0367. The van der Waals surface area contributed by atoms with Gasteiger partial charge in [0.05, 0.1) is 48.7 Å². The fourth-order valence-electron chi connectivity index (χ4n) is 9.38. The molecule has 0 heterocycles. The van der Waals surface area contributed by atoms with Gasteiger partial charge >= 0.3 is 23.9 Å². The Labute approximate surface area is 428 Å². The molecule has 0 atom stereocenters. The van der Waals surface area contributed by atoms with Crippen LogP contribution in [0.4, 0.5) is 0 Å². The molecule has 0 aliphatic carbocycles. The molecule has 0 bridgehead atoms. The van der Waals surface area contributed by atoms with Gasteiger partial charge < -0.3 is 18.9 Å². The van der Waals surface area contributed by atoms with E-state index in [2.05, 4.69) is 27.7 Å². The second-order valence-electron chi connectivity index (χ2n) is 20.4. The van der Waals surface area contributed by atoms with Crippen LogP contribution in [0.1, 0.15) is 326 Å². The van der Waals surface area contributed by atoms with E-state index in [0.717, 1.165) is 77.0 Å². The van der Waals surface area contributed by atoms with Crippen molar-refractivity contribution >= 4 is 34.6 Å². The molecule has 0 saturated carbocycles. The van der Waals surface area contributed by atoms with Crippen molar-refractivity contribution in [1.29, 1.82) is 0 Å². The zero-order valence-corrected chi connectivity index (χ0v) is 45.7. The van der Waals surface area contributed by atoms with E-state index in [0.29, 0.717) is 10.8 Å². The predicted octanol–water partition coefficient (Wildman–Crippen LogP) is 19.2. The summed E-state index contributed by atoms with van der Waals surface area (Å²) in [5.41, 5.74) is 0.545. The molecule has 2 aromatic rings. The molecule has 8 nitrogen and oxygen atoms in total. The highest BCUT2D eigenvalue weighted by atomic mass is 16.5. The van der Waals surface area contributed by atoms with Crippen molar-refractivity contribution in [2.75, 3.05) is 26.4 Å². The Kier molecular flexibility index (Phi) is 39.7. The first-order chi connectivity index (χ1) is 34.4. The number of rotatable bonds is 48. The van der Waals surface area contributed by atoms with Crippen LogP contribution in [0.2, 0.25) is 0 Å². The number of carbonyl (C=O) groups excluding carboxylic acids is 4. The molecule has 400 valence electrons. The smallest absolute Gasteiger partial charge is 0.338 e. The number of carbonyl (C=O) groups is 4. The maximum Gasteiger partial charge on any atom is 0.338 e. The van der Waals surface area contributed by atoms with Crippen LogP contribution in [0.5, 0.6) is 0 Å². The molecule has 0 fully saturated rings. The Balaban J connectivity index is 2.26. The monoisotopic (exact) mass is 977 g/mol. The van der Waals surface area contributed by atoms with Crippen molar-refractivity contribution in [3.8, 4) is 0 Å². The molecular formula is C62H104O8. The minimum Gasteiger partial charge on any atom is -0.462 e. The zero-order valence-electron chi connectivity index (χ0n) is 45.7. The number of ether oxygens (including phenoxy) is 4. The minimum absolute atomic E-state index is 0.114. The Hall–Kier alpha value is -3.42. The molecule has 2 aromatic carbocycles. The van der Waals surface area contributed by atoms with Gasteiger partial charge in [0.15, 0.2) is 0 Å². The Bertz CT molecular complexity index is 1510. The number of hydrogen-bond donors (Lipinski definition) is 0. The lowest BCUT2D eigenvalue weighted by molar-refractivity contribution is 0.0476. The summed E-state index contributed by atoms with van der Waals surface area (Å²) in [6, 6.07) is 6.21. The van der Waals surface area contributed by atoms with E-state index < -0.39 is 23.9 Å². The highest BCUT2D eigenvalue weighted by Gasteiger charge is 2.24. The molecule has 0 radical (unpaired) electrons. The molecule has 70 heavy (non-hydrogen) atoms. The first-order valence-electron chi connectivity index (χ1n) is 29.7. The van der Waals surface area contributed by atoms with Gasteiger partial charge in [0.25, 0.3) is 0 Å². The maximum absolute atomic E-state index is 14.1. The molecule has 0 aliphatic rings. The lowest BCUT2D eigenvalue weighted by atomic mass is 9.94. The van der Waals surface area contributed by atoms with Crippen LogP contribution in [0.15, 0.2) is 24.3 Å². The van der Waals surface area contributed by atoms with Crippen molar-refractivity contribution in [2.24, 2.45) is 0 Å². The number of unbranched alkanes of at least 4 members (excludes halogenated alkanes) is 36. The Morgan fingerprint density at radius 1 is 0.257 bits per heavy atom. The summed E-state index contributed by atoms with van der Waals surface area (Å²) in [7, 11) is 0. The minimum atomic E-state index is -0.606. The summed E-state index contributed by atoms with van der Waals surface area (Å²) in [6.45, 7) is 9.96. The van der Waals surface area contributed by atoms with Crippen molar-refractivity contribution in [1.82, 2.24) is 0 Å². The molecule has 0 aliphatic heterocycles. The predicted molar refractivity (Wildman–Crippen MR) is 292 cm³/mol. The summed E-state index contributed by atoms with van der Waals surface area (Å²) in [6.07, 6.45) is 46.6. The summed E-state index contributed by atoms with van der Waals surface area (Å²) in [5.74, 6) is -2.34. The van der Waals surface area contributed by atoms with Gasteiger partial charge in [0, 0.05) is 0 Å². The van der Waals surface area contributed by atoms with E-state index in [1.165, 1.54) is 192 Å².